The van der Waals surface area contributed by atoms with Crippen LogP contribution in [0, 0.1) is 0 Å². The minimum atomic E-state index is -3.63. The topological polar surface area (TPSA) is 108 Å². The van der Waals surface area contributed by atoms with E-state index in [1.165, 1.54) is 35.6 Å². The highest BCUT2D eigenvalue weighted by molar-refractivity contribution is 7.89. The van der Waals surface area contributed by atoms with Crippen LogP contribution in [0.3, 0.4) is 0 Å². The standard InChI is InChI=1S/C18H26N4O6S/c1-27-15-5-4-14(12-16(15)28-2)29(25,26)21-10-8-20(9-11-21)6-3-7-22-17(23)13-19-18(22)24/h4-5,12H,3,6-11,13H2,1-2H3,(H,19,24). The van der Waals surface area contributed by atoms with Crippen LogP contribution in [0.15, 0.2) is 23.1 Å². The van der Waals surface area contributed by atoms with Crippen molar-refractivity contribution in [2.45, 2.75) is 11.3 Å². The fraction of sp³-hybridized carbons (Fsp3) is 0.556. The monoisotopic (exact) mass is 426 g/mol. The maximum atomic E-state index is 12.9. The van der Waals surface area contributed by atoms with E-state index in [9.17, 15) is 18.0 Å². The van der Waals surface area contributed by atoms with Gasteiger partial charge < -0.3 is 19.7 Å². The number of sulfonamides is 1. The van der Waals surface area contributed by atoms with Gasteiger partial charge >= 0.3 is 6.03 Å². The lowest BCUT2D eigenvalue weighted by molar-refractivity contribution is -0.125. The first kappa shape index (κ1) is 21.3. The van der Waals surface area contributed by atoms with Gasteiger partial charge in [-0.1, -0.05) is 0 Å². The number of imide groups is 1. The fourth-order valence-electron chi connectivity index (χ4n) is 3.45. The molecule has 0 saturated carbocycles. The van der Waals surface area contributed by atoms with Gasteiger partial charge in [0.1, 0.15) is 0 Å². The van der Waals surface area contributed by atoms with E-state index < -0.39 is 10.0 Å². The van der Waals surface area contributed by atoms with Crippen molar-refractivity contribution in [2.24, 2.45) is 0 Å². The van der Waals surface area contributed by atoms with E-state index >= 15 is 0 Å². The molecule has 0 aromatic heterocycles. The molecule has 2 aliphatic rings. The Morgan fingerprint density at radius 1 is 1.00 bits per heavy atom. The fourth-order valence-corrected chi connectivity index (χ4v) is 4.89. The number of carbonyl (C=O) groups excluding carboxylic acids is 2. The van der Waals surface area contributed by atoms with Crippen LogP contribution in [-0.2, 0) is 14.8 Å². The summed E-state index contributed by atoms with van der Waals surface area (Å²) in [5, 5.41) is 2.49. The summed E-state index contributed by atoms with van der Waals surface area (Å²) in [5.74, 6) is 0.634. The molecule has 10 nitrogen and oxygen atoms in total. The molecule has 160 valence electrons. The second-order valence-corrected chi connectivity index (χ2v) is 8.76. The highest BCUT2D eigenvalue weighted by Crippen LogP contribution is 2.30. The number of amides is 3. The van der Waals surface area contributed by atoms with E-state index in [1.807, 2.05) is 0 Å². The van der Waals surface area contributed by atoms with Crippen LogP contribution in [0.4, 0.5) is 4.79 Å². The number of rotatable bonds is 8. The molecule has 0 bridgehead atoms. The zero-order valence-electron chi connectivity index (χ0n) is 16.6. The predicted octanol–water partition coefficient (Wildman–Crippen LogP) is -0.0480. The molecule has 2 saturated heterocycles. The highest BCUT2D eigenvalue weighted by Gasteiger charge is 2.30. The smallest absolute Gasteiger partial charge is 0.324 e. The van der Waals surface area contributed by atoms with E-state index in [2.05, 4.69) is 10.2 Å². The Bertz CT molecular complexity index is 851. The largest absolute Gasteiger partial charge is 0.493 e. The summed E-state index contributed by atoms with van der Waals surface area (Å²) in [5.41, 5.74) is 0. The van der Waals surface area contributed by atoms with Crippen molar-refractivity contribution in [1.82, 2.24) is 19.4 Å². The molecule has 0 aliphatic carbocycles. The van der Waals surface area contributed by atoms with Gasteiger partial charge in [-0.2, -0.15) is 4.31 Å². The summed E-state index contributed by atoms with van der Waals surface area (Å²) in [7, 11) is -0.664. The molecule has 2 aliphatic heterocycles. The van der Waals surface area contributed by atoms with Crippen LogP contribution in [0.25, 0.3) is 0 Å². The molecule has 3 amide bonds. The summed E-state index contributed by atoms with van der Waals surface area (Å²) in [6.45, 7) is 3.06. The lowest BCUT2D eigenvalue weighted by Gasteiger charge is -2.34. The first-order chi connectivity index (χ1) is 13.9. The van der Waals surface area contributed by atoms with Gasteiger partial charge in [0, 0.05) is 38.8 Å². The number of hydrogen-bond acceptors (Lipinski definition) is 7. The van der Waals surface area contributed by atoms with Gasteiger partial charge in [-0.15, -0.1) is 0 Å². The molecule has 0 atom stereocenters. The minimum absolute atomic E-state index is 0.0610. The Kier molecular flexibility index (Phi) is 6.60. The van der Waals surface area contributed by atoms with Gasteiger partial charge in [0.2, 0.25) is 15.9 Å². The molecule has 11 heteroatoms. The molecule has 1 N–H and O–H groups in total. The Hall–Kier alpha value is -2.37. The van der Waals surface area contributed by atoms with E-state index in [1.54, 1.807) is 6.07 Å². The Balaban J connectivity index is 1.53. The van der Waals surface area contributed by atoms with Crippen molar-refractivity contribution in [2.75, 3.05) is 60.0 Å². The molecule has 29 heavy (non-hydrogen) atoms. The molecule has 0 unspecified atom stereocenters. The average molecular weight is 426 g/mol. The van der Waals surface area contributed by atoms with Gasteiger partial charge in [0.15, 0.2) is 11.5 Å². The van der Waals surface area contributed by atoms with Crippen molar-refractivity contribution in [3.8, 4) is 11.5 Å². The van der Waals surface area contributed by atoms with Gasteiger partial charge in [-0.25, -0.2) is 13.2 Å². The lowest BCUT2D eigenvalue weighted by Crippen LogP contribution is -2.49. The normalized spacial score (nSPS) is 18.8. The number of piperazine rings is 1. The third kappa shape index (κ3) is 4.62. The third-order valence-corrected chi connectivity index (χ3v) is 7.01. The van der Waals surface area contributed by atoms with Crippen molar-refractivity contribution in [3.63, 3.8) is 0 Å². The molecule has 3 rings (SSSR count). The van der Waals surface area contributed by atoms with Gasteiger partial charge in [0.25, 0.3) is 0 Å². The summed E-state index contributed by atoms with van der Waals surface area (Å²) in [6, 6.07) is 4.22. The van der Waals surface area contributed by atoms with Crippen LogP contribution in [0.1, 0.15) is 6.42 Å². The first-order valence-corrected chi connectivity index (χ1v) is 10.8. The molecule has 1 aromatic carbocycles. The van der Waals surface area contributed by atoms with Crippen LogP contribution >= 0.6 is 0 Å². The van der Waals surface area contributed by atoms with Gasteiger partial charge in [-0.05, 0) is 25.1 Å². The van der Waals surface area contributed by atoms with Gasteiger partial charge in [0.05, 0.1) is 25.7 Å². The number of ether oxygens (including phenoxy) is 2. The third-order valence-electron chi connectivity index (χ3n) is 5.12. The summed E-state index contributed by atoms with van der Waals surface area (Å²) in [6.07, 6.45) is 0.654. The number of urea groups is 1. The number of methoxy groups -OCH3 is 2. The Morgan fingerprint density at radius 2 is 1.69 bits per heavy atom. The predicted molar refractivity (Wildman–Crippen MR) is 104 cm³/mol. The maximum Gasteiger partial charge on any atom is 0.324 e. The van der Waals surface area contributed by atoms with Crippen molar-refractivity contribution in [1.29, 1.82) is 0 Å². The number of nitrogens with one attached hydrogen (secondary N) is 1. The van der Waals surface area contributed by atoms with Crippen LogP contribution in [-0.4, -0.2) is 94.5 Å². The van der Waals surface area contributed by atoms with E-state index in [4.69, 9.17) is 9.47 Å². The molecular weight excluding hydrogens is 400 g/mol. The molecule has 2 fully saturated rings. The minimum Gasteiger partial charge on any atom is -0.493 e. The number of benzene rings is 1. The van der Waals surface area contributed by atoms with Crippen LogP contribution in [0.5, 0.6) is 11.5 Å². The number of carbonyl (C=O) groups is 2. The summed E-state index contributed by atoms with van der Waals surface area (Å²) >= 11 is 0. The van der Waals surface area contributed by atoms with E-state index in [0.29, 0.717) is 57.2 Å². The van der Waals surface area contributed by atoms with Crippen molar-refractivity contribution < 1.29 is 27.5 Å². The molecular formula is C18H26N4O6S. The van der Waals surface area contributed by atoms with Gasteiger partial charge in [-0.3, -0.25) is 9.69 Å². The number of hydrogen-bond donors (Lipinski definition) is 1. The van der Waals surface area contributed by atoms with Crippen molar-refractivity contribution >= 4 is 22.0 Å². The molecule has 0 spiro atoms. The van der Waals surface area contributed by atoms with Crippen LogP contribution < -0.4 is 14.8 Å². The molecule has 2 heterocycles. The Labute approximate surface area is 170 Å². The zero-order valence-corrected chi connectivity index (χ0v) is 17.4. The highest BCUT2D eigenvalue weighted by atomic mass is 32.2. The molecule has 1 aromatic rings. The lowest BCUT2D eigenvalue weighted by atomic mass is 10.3. The van der Waals surface area contributed by atoms with Crippen LogP contribution in [0.2, 0.25) is 0 Å². The summed E-state index contributed by atoms with van der Waals surface area (Å²) in [4.78, 5) is 26.6. The van der Waals surface area contributed by atoms with Crippen molar-refractivity contribution in [3.05, 3.63) is 18.2 Å². The zero-order chi connectivity index (χ0) is 21.0. The average Bonchev–Trinajstić information content (AvgIpc) is 3.05. The Morgan fingerprint density at radius 3 is 2.28 bits per heavy atom. The van der Waals surface area contributed by atoms with E-state index in [0.717, 1.165) is 0 Å². The quantitative estimate of drug-likeness (QED) is 0.581. The SMILES string of the molecule is COc1ccc(S(=O)(=O)N2CCN(CCCN3C(=O)CNC3=O)CC2)cc1OC. The first-order valence-electron chi connectivity index (χ1n) is 9.39. The van der Waals surface area contributed by atoms with E-state index in [-0.39, 0.29) is 23.4 Å². The summed E-state index contributed by atoms with van der Waals surface area (Å²) < 4.78 is 37.7. The second-order valence-electron chi connectivity index (χ2n) is 6.82. The number of nitrogens with zero attached hydrogens (tertiary/aromatic N) is 3. The second kappa shape index (κ2) is 8.97. The molecule has 0 radical (unpaired) electrons. The maximum absolute atomic E-state index is 12.9.